The maximum absolute atomic E-state index is 12.3. The van der Waals surface area contributed by atoms with Crippen LogP contribution in [0.5, 0.6) is 0 Å². The Morgan fingerprint density at radius 1 is 0.806 bits per heavy atom. The third-order valence-electron chi connectivity index (χ3n) is 5.82. The Bertz CT molecular complexity index is 994. The molecule has 1 aliphatic rings. The highest BCUT2D eigenvalue weighted by atomic mass is 16.5. The molecule has 0 aromatic heterocycles. The van der Waals surface area contributed by atoms with E-state index < -0.39 is 5.41 Å². The van der Waals surface area contributed by atoms with Gasteiger partial charge in [0.1, 0.15) is 0 Å². The molecule has 0 heterocycles. The fourth-order valence-electron chi connectivity index (χ4n) is 4.44. The minimum absolute atomic E-state index is 0.218. The average molecular weight is 415 g/mol. The van der Waals surface area contributed by atoms with Crippen LogP contribution >= 0.6 is 0 Å². The Morgan fingerprint density at radius 2 is 1.23 bits per heavy atom. The number of carbonyl (C=O) groups excluding carboxylic acids is 2. The van der Waals surface area contributed by atoms with Crippen LogP contribution in [0.25, 0.3) is 11.1 Å². The van der Waals surface area contributed by atoms with E-state index in [0.717, 1.165) is 33.4 Å². The van der Waals surface area contributed by atoms with Crippen LogP contribution < -0.4 is 0 Å². The van der Waals surface area contributed by atoms with Crippen molar-refractivity contribution in [1.82, 2.24) is 0 Å². The van der Waals surface area contributed by atoms with Crippen molar-refractivity contribution in [1.29, 1.82) is 0 Å². The summed E-state index contributed by atoms with van der Waals surface area (Å²) in [5.41, 5.74) is 5.03. The summed E-state index contributed by atoms with van der Waals surface area (Å²) >= 11 is 0. The predicted molar refractivity (Wildman–Crippen MR) is 120 cm³/mol. The van der Waals surface area contributed by atoms with E-state index in [1.807, 2.05) is 36.4 Å². The fourth-order valence-corrected chi connectivity index (χ4v) is 4.44. The van der Waals surface area contributed by atoms with Gasteiger partial charge in [-0.05, 0) is 73.2 Å². The first-order chi connectivity index (χ1) is 15.0. The van der Waals surface area contributed by atoms with E-state index in [2.05, 4.69) is 11.8 Å². The lowest BCUT2D eigenvalue weighted by molar-refractivity contribution is -0.143. The Hall–Kier alpha value is -3.50. The molecule has 2 aromatic rings. The standard InChI is InChI=1S/C27H26O4/c1-5-19-9-11-21-22-12-10-20(6-2)18-24(22)27(23(21)17-19,15-13-25(28)30-7-3)16-14-26(29)31-8-4/h1-2,9-12,17-18H,7-8,13-16H2,3-4H3. The predicted octanol–water partition coefficient (Wildman–Crippen LogP) is 4.60. The van der Waals surface area contributed by atoms with Crippen molar-refractivity contribution >= 4 is 11.9 Å². The molecule has 31 heavy (non-hydrogen) atoms. The zero-order chi connectivity index (χ0) is 22.4. The van der Waals surface area contributed by atoms with Crippen LogP contribution in [0.2, 0.25) is 0 Å². The van der Waals surface area contributed by atoms with Crippen LogP contribution in [0.1, 0.15) is 61.8 Å². The molecule has 3 rings (SSSR count). The van der Waals surface area contributed by atoms with Crippen LogP contribution in [0, 0.1) is 24.7 Å². The number of benzene rings is 2. The van der Waals surface area contributed by atoms with Gasteiger partial charge in [-0.15, -0.1) is 12.8 Å². The molecule has 0 N–H and O–H groups in total. The third kappa shape index (κ3) is 4.35. The zero-order valence-electron chi connectivity index (χ0n) is 18.0. The lowest BCUT2D eigenvalue weighted by Gasteiger charge is -2.32. The number of fused-ring (bicyclic) bond motifs is 3. The summed E-state index contributed by atoms with van der Waals surface area (Å²) in [5, 5.41) is 0. The van der Waals surface area contributed by atoms with Crippen molar-refractivity contribution in [3.05, 3.63) is 58.7 Å². The first-order valence-corrected chi connectivity index (χ1v) is 10.5. The van der Waals surface area contributed by atoms with E-state index in [4.69, 9.17) is 22.3 Å². The van der Waals surface area contributed by atoms with Crippen molar-refractivity contribution < 1.29 is 19.1 Å². The smallest absolute Gasteiger partial charge is 0.305 e. The van der Waals surface area contributed by atoms with Gasteiger partial charge in [0.15, 0.2) is 0 Å². The lowest BCUT2D eigenvalue weighted by Crippen LogP contribution is -2.28. The van der Waals surface area contributed by atoms with E-state index in [1.54, 1.807) is 13.8 Å². The summed E-state index contributed by atoms with van der Waals surface area (Å²) in [4.78, 5) is 24.5. The summed E-state index contributed by atoms with van der Waals surface area (Å²) < 4.78 is 10.4. The normalized spacial score (nSPS) is 12.8. The summed E-state index contributed by atoms with van der Waals surface area (Å²) in [6, 6.07) is 11.8. The monoisotopic (exact) mass is 414 g/mol. The van der Waals surface area contributed by atoms with Gasteiger partial charge in [-0.2, -0.15) is 0 Å². The summed E-state index contributed by atoms with van der Waals surface area (Å²) in [6.45, 7) is 4.22. The van der Waals surface area contributed by atoms with E-state index in [0.29, 0.717) is 26.1 Å². The molecule has 0 radical (unpaired) electrons. The first kappa shape index (κ1) is 22.2. The fraction of sp³-hybridized carbons (Fsp3) is 0.333. The molecule has 0 spiro atoms. The van der Waals surface area contributed by atoms with Gasteiger partial charge in [0.25, 0.3) is 0 Å². The first-order valence-electron chi connectivity index (χ1n) is 10.5. The van der Waals surface area contributed by atoms with Crippen LogP contribution in [0.4, 0.5) is 0 Å². The molecule has 0 fully saturated rings. The quantitative estimate of drug-likeness (QED) is 0.468. The van der Waals surface area contributed by atoms with E-state index in [1.165, 1.54) is 0 Å². The molecule has 1 aliphatic carbocycles. The molecular weight excluding hydrogens is 388 g/mol. The van der Waals surface area contributed by atoms with E-state index >= 15 is 0 Å². The second-order valence-corrected chi connectivity index (χ2v) is 7.50. The van der Waals surface area contributed by atoms with Gasteiger partial charge in [-0.25, -0.2) is 0 Å². The Kier molecular flexibility index (Phi) is 6.83. The number of terminal acetylenes is 2. The van der Waals surface area contributed by atoms with Gasteiger partial charge in [0.2, 0.25) is 0 Å². The summed E-state index contributed by atoms with van der Waals surface area (Å²) in [6.07, 6.45) is 12.8. The molecule has 0 aliphatic heterocycles. The van der Waals surface area contributed by atoms with Gasteiger partial charge in [-0.3, -0.25) is 9.59 Å². The van der Waals surface area contributed by atoms with Crippen molar-refractivity contribution in [3.8, 4) is 35.8 Å². The number of rotatable bonds is 8. The van der Waals surface area contributed by atoms with Crippen molar-refractivity contribution in [2.75, 3.05) is 13.2 Å². The summed E-state index contributed by atoms with van der Waals surface area (Å²) in [5.74, 6) is 4.86. The van der Waals surface area contributed by atoms with Gasteiger partial charge in [-0.1, -0.05) is 24.0 Å². The van der Waals surface area contributed by atoms with E-state index in [-0.39, 0.29) is 24.8 Å². The average Bonchev–Trinajstić information content (AvgIpc) is 3.05. The second kappa shape index (κ2) is 9.54. The Labute approximate surface area is 184 Å². The second-order valence-electron chi connectivity index (χ2n) is 7.50. The molecule has 0 saturated heterocycles. The topological polar surface area (TPSA) is 52.6 Å². The molecule has 0 saturated carbocycles. The number of hydrogen-bond donors (Lipinski definition) is 0. The highest BCUT2D eigenvalue weighted by Crippen LogP contribution is 2.54. The van der Waals surface area contributed by atoms with Gasteiger partial charge in [0, 0.05) is 29.4 Å². The maximum atomic E-state index is 12.3. The van der Waals surface area contributed by atoms with Crippen molar-refractivity contribution in [3.63, 3.8) is 0 Å². The number of ether oxygens (including phenoxy) is 2. The van der Waals surface area contributed by atoms with Crippen LogP contribution in [0.15, 0.2) is 36.4 Å². The zero-order valence-corrected chi connectivity index (χ0v) is 18.0. The number of carbonyl (C=O) groups is 2. The molecule has 158 valence electrons. The van der Waals surface area contributed by atoms with E-state index in [9.17, 15) is 9.59 Å². The van der Waals surface area contributed by atoms with Crippen LogP contribution in [0.3, 0.4) is 0 Å². The van der Waals surface area contributed by atoms with Crippen LogP contribution in [-0.4, -0.2) is 25.2 Å². The molecular formula is C27H26O4. The number of hydrogen-bond acceptors (Lipinski definition) is 4. The van der Waals surface area contributed by atoms with Crippen LogP contribution in [-0.2, 0) is 24.5 Å². The molecule has 0 bridgehead atoms. The maximum Gasteiger partial charge on any atom is 0.305 e. The van der Waals surface area contributed by atoms with Gasteiger partial charge >= 0.3 is 11.9 Å². The minimum atomic E-state index is -0.593. The minimum Gasteiger partial charge on any atom is -0.466 e. The highest BCUT2D eigenvalue weighted by molar-refractivity contribution is 5.83. The highest BCUT2D eigenvalue weighted by Gasteiger charge is 2.43. The van der Waals surface area contributed by atoms with Gasteiger partial charge in [0.05, 0.1) is 13.2 Å². The third-order valence-corrected chi connectivity index (χ3v) is 5.82. The van der Waals surface area contributed by atoms with Crippen molar-refractivity contribution in [2.45, 2.75) is 44.9 Å². The Morgan fingerprint density at radius 3 is 1.58 bits per heavy atom. The molecule has 0 amide bonds. The Balaban J connectivity index is 2.16. The molecule has 4 heteroatoms. The van der Waals surface area contributed by atoms with Gasteiger partial charge < -0.3 is 9.47 Å². The molecule has 4 nitrogen and oxygen atoms in total. The van der Waals surface area contributed by atoms with Crippen molar-refractivity contribution in [2.24, 2.45) is 0 Å². The molecule has 0 unspecified atom stereocenters. The summed E-state index contributed by atoms with van der Waals surface area (Å²) in [7, 11) is 0. The largest absolute Gasteiger partial charge is 0.466 e. The SMILES string of the molecule is C#Cc1ccc2c(c1)C(CCC(=O)OCC)(CCC(=O)OCC)c1cc(C#C)ccc1-2. The lowest BCUT2D eigenvalue weighted by atomic mass is 9.71. The molecule has 0 atom stereocenters. The number of esters is 2. The molecule has 2 aromatic carbocycles.